The van der Waals surface area contributed by atoms with E-state index in [9.17, 15) is 22.4 Å². The Morgan fingerprint density at radius 3 is 2.62 bits per heavy atom. The molecule has 2 atom stereocenters. The molecule has 0 saturated carbocycles. The maximum Gasteiger partial charge on any atom is 0.417 e. The maximum atomic E-state index is 14.0. The van der Waals surface area contributed by atoms with E-state index in [4.69, 9.17) is 11.6 Å². The molecule has 136 valence electrons. The van der Waals surface area contributed by atoms with Crippen LogP contribution in [0.5, 0.6) is 0 Å². The third kappa shape index (κ3) is 3.14. The number of benzene rings is 1. The summed E-state index contributed by atoms with van der Waals surface area (Å²) in [4.78, 5) is 16.7. The zero-order valence-corrected chi connectivity index (χ0v) is 14.0. The number of ketones is 1. The average Bonchev–Trinajstić information content (AvgIpc) is 2.95. The number of anilines is 1. The molecule has 0 N–H and O–H groups in total. The van der Waals surface area contributed by atoms with E-state index in [1.807, 2.05) is 0 Å². The molecule has 1 aliphatic heterocycles. The van der Waals surface area contributed by atoms with Crippen LogP contribution >= 0.6 is 11.6 Å². The number of alkyl halides is 3. The summed E-state index contributed by atoms with van der Waals surface area (Å²) in [5, 5.41) is 7.81. The van der Waals surface area contributed by atoms with Crippen molar-refractivity contribution >= 4 is 23.2 Å². The highest BCUT2D eigenvalue weighted by Gasteiger charge is 2.41. The minimum absolute atomic E-state index is 0.248. The van der Waals surface area contributed by atoms with Crippen molar-refractivity contribution in [3.8, 4) is 0 Å². The van der Waals surface area contributed by atoms with Crippen molar-refractivity contribution in [2.24, 2.45) is 10.3 Å². The van der Waals surface area contributed by atoms with Gasteiger partial charge in [0.05, 0.1) is 10.6 Å². The van der Waals surface area contributed by atoms with E-state index in [0.29, 0.717) is 0 Å². The lowest BCUT2D eigenvalue weighted by Gasteiger charge is -2.23. The third-order valence-electron chi connectivity index (χ3n) is 3.84. The Morgan fingerprint density at radius 2 is 1.96 bits per heavy atom. The van der Waals surface area contributed by atoms with Crippen LogP contribution in [0.25, 0.3) is 0 Å². The summed E-state index contributed by atoms with van der Waals surface area (Å²) in [7, 11) is 0. The van der Waals surface area contributed by atoms with Gasteiger partial charge in [0.2, 0.25) is 0 Å². The molecule has 10 heteroatoms. The molecule has 1 aromatic carbocycles. The van der Waals surface area contributed by atoms with Gasteiger partial charge in [-0.05, 0) is 31.2 Å². The third-order valence-corrected chi connectivity index (χ3v) is 4.25. The maximum absolute atomic E-state index is 14.0. The summed E-state index contributed by atoms with van der Waals surface area (Å²) >= 11 is 5.83. The van der Waals surface area contributed by atoms with E-state index in [2.05, 4.69) is 15.3 Å². The number of rotatable bonds is 3. The lowest BCUT2D eigenvalue weighted by molar-refractivity contribution is -0.137. The second-order valence-electron chi connectivity index (χ2n) is 5.57. The minimum Gasteiger partial charge on any atom is -0.292 e. The van der Waals surface area contributed by atoms with E-state index < -0.39 is 40.4 Å². The van der Waals surface area contributed by atoms with Crippen LogP contribution in [-0.2, 0) is 6.18 Å². The molecule has 2 unspecified atom stereocenters. The summed E-state index contributed by atoms with van der Waals surface area (Å²) in [6.07, 6.45) is -3.41. The van der Waals surface area contributed by atoms with Crippen molar-refractivity contribution in [2.75, 3.05) is 5.01 Å². The van der Waals surface area contributed by atoms with Crippen molar-refractivity contribution in [1.82, 2.24) is 4.98 Å². The summed E-state index contributed by atoms with van der Waals surface area (Å²) in [6, 6.07) is 3.63. The van der Waals surface area contributed by atoms with E-state index >= 15 is 0 Å². The largest absolute Gasteiger partial charge is 0.417 e. The van der Waals surface area contributed by atoms with Crippen LogP contribution in [0.4, 0.5) is 23.4 Å². The lowest BCUT2D eigenvalue weighted by Crippen LogP contribution is -2.41. The van der Waals surface area contributed by atoms with Crippen molar-refractivity contribution in [3.05, 3.63) is 58.5 Å². The smallest absolute Gasteiger partial charge is 0.292 e. The Labute approximate surface area is 150 Å². The molecule has 0 fully saturated rings. The van der Waals surface area contributed by atoms with Gasteiger partial charge in [0, 0.05) is 11.8 Å². The molecule has 5 nitrogen and oxygen atoms in total. The zero-order chi connectivity index (χ0) is 19.1. The first-order chi connectivity index (χ1) is 12.2. The second-order valence-corrected chi connectivity index (χ2v) is 5.95. The average molecular weight is 387 g/mol. The minimum atomic E-state index is -4.71. The van der Waals surface area contributed by atoms with Crippen molar-refractivity contribution in [2.45, 2.75) is 25.2 Å². The molecule has 0 saturated heterocycles. The predicted molar refractivity (Wildman–Crippen MR) is 85.6 cm³/mol. The zero-order valence-electron chi connectivity index (χ0n) is 13.2. The Morgan fingerprint density at radius 1 is 1.23 bits per heavy atom. The van der Waals surface area contributed by atoms with Crippen molar-refractivity contribution in [3.63, 3.8) is 0 Å². The summed E-state index contributed by atoms with van der Waals surface area (Å²) in [5.41, 5.74) is -1.47. The molecule has 1 aromatic heterocycles. The highest BCUT2D eigenvalue weighted by Crippen LogP contribution is 2.38. The van der Waals surface area contributed by atoms with Crippen LogP contribution < -0.4 is 5.01 Å². The van der Waals surface area contributed by atoms with Gasteiger partial charge in [0.1, 0.15) is 12.1 Å². The first-order valence-corrected chi connectivity index (χ1v) is 7.80. The fourth-order valence-corrected chi connectivity index (χ4v) is 2.94. The topological polar surface area (TPSA) is 57.9 Å². The number of pyridine rings is 1. The van der Waals surface area contributed by atoms with Gasteiger partial charge in [-0.2, -0.15) is 18.3 Å². The van der Waals surface area contributed by atoms with E-state index in [-0.39, 0.29) is 11.4 Å². The van der Waals surface area contributed by atoms with E-state index in [0.717, 1.165) is 23.2 Å². The number of aromatic nitrogens is 1. The molecule has 0 aliphatic carbocycles. The number of halogens is 5. The first kappa shape index (κ1) is 18.2. The van der Waals surface area contributed by atoms with Crippen molar-refractivity contribution in [1.29, 1.82) is 0 Å². The van der Waals surface area contributed by atoms with Gasteiger partial charge >= 0.3 is 6.18 Å². The van der Waals surface area contributed by atoms with Crippen LogP contribution in [0.2, 0.25) is 5.02 Å². The molecule has 3 rings (SSSR count). The van der Waals surface area contributed by atoms with Crippen molar-refractivity contribution < 1.29 is 22.4 Å². The van der Waals surface area contributed by atoms with E-state index in [1.54, 1.807) is 0 Å². The van der Waals surface area contributed by atoms with E-state index in [1.165, 1.54) is 25.3 Å². The number of Topliss-reactive ketones (excluding diaryl/α,β-unsaturated/α-hetero) is 1. The van der Waals surface area contributed by atoms with Gasteiger partial charge in [0.15, 0.2) is 17.4 Å². The molecule has 0 spiro atoms. The molecule has 0 bridgehead atoms. The number of hydrogen-bond acceptors (Lipinski definition) is 5. The van der Waals surface area contributed by atoms with Crippen LogP contribution in [0.15, 0.2) is 46.9 Å². The number of carbonyl (C=O) groups is 1. The molecule has 0 radical (unpaired) electrons. The Hall–Kier alpha value is -2.55. The fourth-order valence-electron chi connectivity index (χ4n) is 2.61. The monoisotopic (exact) mass is 386 g/mol. The van der Waals surface area contributed by atoms with Gasteiger partial charge in [-0.1, -0.05) is 22.9 Å². The van der Waals surface area contributed by atoms with Gasteiger partial charge < -0.3 is 0 Å². The lowest BCUT2D eigenvalue weighted by atomic mass is 9.97. The second kappa shape index (κ2) is 6.64. The highest BCUT2D eigenvalue weighted by molar-refractivity contribution is 6.35. The SMILES string of the molecule is CC1N=NN(c2ncccc2F)C1C(=O)c1cccc(C(F)(F)F)c1Cl. The Bertz CT molecular complexity index is 887. The van der Waals surface area contributed by atoms with Gasteiger partial charge in [-0.25, -0.2) is 14.4 Å². The molecule has 2 aromatic rings. The van der Waals surface area contributed by atoms with Crippen LogP contribution in [-0.4, -0.2) is 22.9 Å². The molecular formula is C16H11ClF4N4O. The molecular weight excluding hydrogens is 376 g/mol. The number of hydrogen-bond donors (Lipinski definition) is 0. The first-order valence-electron chi connectivity index (χ1n) is 7.42. The highest BCUT2D eigenvalue weighted by atomic mass is 35.5. The standard InChI is InChI=1S/C16H11ClF4N4O/c1-8-13(25(24-23-8)15-11(18)6-3-7-22-15)14(26)9-4-2-5-10(12(9)17)16(19,20)21/h2-8,13H,1H3. The predicted octanol–water partition coefficient (Wildman–Crippen LogP) is 4.72. The van der Waals surface area contributed by atoms with Crippen LogP contribution in [0.3, 0.4) is 0 Å². The summed E-state index contributed by atoms with van der Waals surface area (Å²) < 4.78 is 53.1. The normalized spacial score (nSPS) is 19.8. The Kier molecular flexibility index (Phi) is 4.66. The van der Waals surface area contributed by atoms with Gasteiger partial charge in [-0.15, -0.1) is 0 Å². The fraction of sp³-hybridized carbons (Fsp3) is 0.250. The van der Waals surface area contributed by atoms with Gasteiger partial charge in [-0.3, -0.25) is 4.79 Å². The van der Waals surface area contributed by atoms with Crippen LogP contribution in [0.1, 0.15) is 22.8 Å². The van der Waals surface area contributed by atoms with Crippen LogP contribution in [0, 0.1) is 5.82 Å². The molecule has 1 aliphatic rings. The van der Waals surface area contributed by atoms with Gasteiger partial charge in [0.25, 0.3) is 0 Å². The Balaban J connectivity index is 2.03. The summed E-state index contributed by atoms with van der Waals surface area (Å²) in [5.74, 6) is -1.75. The quantitative estimate of drug-likeness (QED) is 0.566. The summed E-state index contributed by atoms with van der Waals surface area (Å²) in [6.45, 7) is 1.54. The molecule has 26 heavy (non-hydrogen) atoms. The molecule has 2 heterocycles. The number of nitrogens with zero attached hydrogens (tertiary/aromatic N) is 4. The molecule has 0 amide bonds. The number of carbonyl (C=O) groups excluding carboxylic acids is 1.